The van der Waals surface area contributed by atoms with Gasteiger partial charge in [-0.25, -0.2) is 0 Å². The summed E-state index contributed by atoms with van der Waals surface area (Å²) in [4.78, 5) is 15.6. The van der Waals surface area contributed by atoms with Crippen LogP contribution in [0.1, 0.15) is 21.9 Å². The van der Waals surface area contributed by atoms with E-state index in [1.807, 2.05) is 32.0 Å². The third-order valence-electron chi connectivity index (χ3n) is 3.36. The maximum Gasteiger partial charge on any atom is 0.261 e. The molecule has 0 unspecified atom stereocenters. The van der Waals surface area contributed by atoms with Gasteiger partial charge in [0.05, 0.1) is 11.3 Å². The van der Waals surface area contributed by atoms with Crippen LogP contribution in [0, 0.1) is 13.8 Å². The van der Waals surface area contributed by atoms with E-state index in [9.17, 15) is 4.79 Å². The standard InChI is InChI=1S/C15H16N2O2S/c1-9-7-12(10(2)19-9)15(18)17-5-6-20-14-4-3-11(16)8-13(14)17/h3-4,7-8H,5-6,16H2,1-2H3. The fourth-order valence-corrected chi connectivity index (χ4v) is 3.41. The maximum absolute atomic E-state index is 12.7. The summed E-state index contributed by atoms with van der Waals surface area (Å²) >= 11 is 1.75. The number of nitrogen functional groups attached to an aromatic ring is 1. The Kier molecular flexibility index (Phi) is 3.22. The first-order chi connectivity index (χ1) is 9.56. The molecular formula is C15H16N2O2S. The van der Waals surface area contributed by atoms with Crippen molar-refractivity contribution < 1.29 is 9.21 Å². The number of aryl methyl sites for hydroxylation is 2. The Morgan fingerprint density at radius 1 is 1.35 bits per heavy atom. The predicted molar refractivity (Wildman–Crippen MR) is 81.4 cm³/mol. The van der Waals surface area contributed by atoms with Gasteiger partial charge in [-0.05, 0) is 38.1 Å². The van der Waals surface area contributed by atoms with Crippen LogP contribution in [0.5, 0.6) is 0 Å². The van der Waals surface area contributed by atoms with Crippen LogP contribution in [0.2, 0.25) is 0 Å². The number of hydrogen-bond acceptors (Lipinski definition) is 4. The van der Waals surface area contributed by atoms with Crippen LogP contribution in [-0.4, -0.2) is 18.2 Å². The number of furan rings is 1. The molecule has 104 valence electrons. The van der Waals surface area contributed by atoms with Gasteiger partial charge in [-0.3, -0.25) is 4.79 Å². The Labute approximate surface area is 121 Å². The van der Waals surface area contributed by atoms with Crippen LogP contribution >= 0.6 is 11.8 Å². The van der Waals surface area contributed by atoms with Crippen molar-refractivity contribution in [1.82, 2.24) is 0 Å². The molecule has 0 spiro atoms. The number of thioether (sulfide) groups is 1. The van der Waals surface area contributed by atoms with Gasteiger partial charge < -0.3 is 15.1 Å². The van der Waals surface area contributed by atoms with Crippen molar-refractivity contribution in [3.63, 3.8) is 0 Å². The van der Waals surface area contributed by atoms with Gasteiger partial charge in [0, 0.05) is 22.9 Å². The minimum atomic E-state index is -0.0218. The lowest BCUT2D eigenvalue weighted by Crippen LogP contribution is -2.35. The maximum atomic E-state index is 12.7. The lowest BCUT2D eigenvalue weighted by Gasteiger charge is -2.29. The van der Waals surface area contributed by atoms with E-state index in [0.717, 1.165) is 22.1 Å². The zero-order chi connectivity index (χ0) is 14.3. The van der Waals surface area contributed by atoms with Crippen molar-refractivity contribution in [2.75, 3.05) is 22.9 Å². The van der Waals surface area contributed by atoms with Crippen molar-refractivity contribution >= 4 is 29.0 Å². The Bertz CT molecular complexity index is 679. The number of amides is 1. The topological polar surface area (TPSA) is 59.5 Å². The molecule has 1 aromatic heterocycles. The third kappa shape index (κ3) is 2.18. The molecule has 1 aliphatic heterocycles. The minimum Gasteiger partial charge on any atom is -0.466 e. The molecule has 0 radical (unpaired) electrons. The molecule has 1 aliphatic rings. The molecule has 20 heavy (non-hydrogen) atoms. The monoisotopic (exact) mass is 288 g/mol. The Morgan fingerprint density at radius 3 is 2.85 bits per heavy atom. The highest BCUT2D eigenvalue weighted by atomic mass is 32.2. The van der Waals surface area contributed by atoms with Crippen molar-refractivity contribution in [1.29, 1.82) is 0 Å². The van der Waals surface area contributed by atoms with Crippen LogP contribution in [-0.2, 0) is 0 Å². The summed E-state index contributed by atoms with van der Waals surface area (Å²) in [6.07, 6.45) is 0. The van der Waals surface area contributed by atoms with Gasteiger partial charge in [0.15, 0.2) is 0 Å². The predicted octanol–water partition coefficient (Wildman–Crippen LogP) is 3.23. The summed E-state index contributed by atoms with van der Waals surface area (Å²) in [5.41, 5.74) is 8.04. The molecule has 2 N–H and O–H groups in total. The van der Waals surface area contributed by atoms with Gasteiger partial charge in [0.25, 0.3) is 5.91 Å². The first-order valence-electron chi connectivity index (χ1n) is 6.47. The highest BCUT2D eigenvalue weighted by Crippen LogP contribution is 2.37. The molecule has 0 saturated heterocycles. The van der Waals surface area contributed by atoms with Gasteiger partial charge in [0.1, 0.15) is 11.5 Å². The molecule has 1 amide bonds. The second kappa shape index (κ2) is 4.90. The van der Waals surface area contributed by atoms with E-state index in [2.05, 4.69) is 0 Å². The Hall–Kier alpha value is -1.88. The van der Waals surface area contributed by atoms with E-state index >= 15 is 0 Å². The summed E-state index contributed by atoms with van der Waals surface area (Å²) in [5.74, 6) is 2.28. The second-order valence-corrected chi connectivity index (χ2v) is 6.00. The Morgan fingerprint density at radius 2 is 2.15 bits per heavy atom. The zero-order valence-electron chi connectivity index (χ0n) is 11.5. The normalized spacial score (nSPS) is 14.2. The number of nitrogens with zero attached hydrogens (tertiary/aromatic N) is 1. The molecule has 4 nitrogen and oxygen atoms in total. The Balaban J connectivity index is 2.02. The number of benzene rings is 1. The quantitative estimate of drug-likeness (QED) is 0.818. The molecular weight excluding hydrogens is 272 g/mol. The second-order valence-electron chi connectivity index (χ2n) is 4.86. The molecule has 1 aromatic carbocycles. The summed E-state index contributed by atoms with van der Waals surface area (Å²) < 4.78 is 5.46. The van der Waals surface area contributed by atoms with Crippen LogP contribution in [0.15, 0.2) is 33.6 Å². The summed E-state index contributed by atoms with van der Waals surface area (Å²) in [6.45, 7) is 4.35. The average molecular weight is 288 g/mol. The van der Waals surface area contributed by atoms with E-state index < -0.39 is 0 Å². The van der Waals surface area contributed by atoms with Crippen molar-refractivity contribution in [2.45, 2.75) is 18.7 Å². The van der Waals surface area contributed by atoms with Crippen LogP contribution in [0.3, 0.4) is 0 Å². The van der Waals surface area contributed by atoms with Gasteiger partial charge in [-0.2, -0.15) is 0 Å². The summed E-state index contributed by atoms with van der Waals surface area (Å²) in [7, 11) is 0. The van der Waals surface area contributed by atoms with E-state index in [4.69, 9.17) is 10.2 Å². The third-order valence-corrected chi connectivity index (χ3v) is 4.41. The number of hydrogen-bond donors (Lipinski definition) is 1. The van der Waals surface area contributed by atoms with Crippen molar-refractivity contribution in [3.05, 3.63) is 41.3 Å². The number of carbonyl (C=O) groups excluding carboxylic acids is 1. The molecule has 0 fully saturated rings. The largest absolute Gasteiger partial charge is 0.466 e. The molecule has 0 saturated carbocycles. The van der Waals surface area contributed by atoms with Crippen LogP contribution in [0.25, 0.3) is 0 Å². The number of carbonyl (C=O) groups is 1. The fourth-order valence-electron chi connectivity index (χ4n) is 2.43. The molecule has 2 heterocycles. The molecule has 0 aliphatic carbocycles. The first kappa shape index (κ1) is 13.1. The summed E-state index contributed by atoms with van der Waals surface area (Å²) in [6, 6.07) is 7.50. The van der Waals surface area contributed by atoms with E-state index in [-0.39, 0.29) is 5.91 Å². The number of rotatable bonds is 1. The van der Waals surface area contributed by atoms with Crippen molar-refractivity contribution in [2.24, 2.45) is 0 Å². The fraction of sp³-hybridized carbons (Fsp3) is 0.267. The SMILES string of the molecule is Cc1cc(C(=O)N2CCSc3ccc(N)cc32)c(C)o1. The smallest absolute Gasteiger partial charge is 0.261 e. The van der Waals surface area contributed by atoms with Gasteiger partial charge in [-0.1, -0.05) is 0 Å². The lowest BCUT2D eigenvalue weighted by molar-refractivity contribution is 0.0986. The van der Waals surface area contributed by atoms with E-state index in [1.165, 1.54) is 0 Å². The lowest BCUT2D eigenvalue weighted by atomic mass is 10.2. The van der Waals surface area contributed by atoms with Gasteiger partial charge >= 0.3 is 0 Å². The van der Waals surface area contributed by atoms with Gasteiger partial charge in [0.2, 0.25) is 0 Å². The molecule has 5 heteroatoms. The average Bonchev–Trinajstić information content (AvgIpc) is 2.76. The highest BCUT2D eigenvalue weighted by Gasteiger charge is 2.26. The van der Waals surface area contributed by atoms with Gasteiger partial charge in [-0.15, -0.1) is 11.8 Å². The molecule has 0 atom stereocenters. The molecule has 3 rings (SSSR count). The van der Waals surface area contributed by atoms with Crippen LogP contribution in [0.4, 0.5) is 11.4 Å². The van der Waals surface area contributed by atoms with Crippen molar-refractivity contribution in [3.8, 4) is 0 Å². The molecule has 0 bridgehead atoms. The minimum absolute atomic E-state index is 0.0218. The highest BCUT2D eigenvalue weighted by molar-refractivity contribution is 7.99. The number of fused-ring (bicyclic) bond motifs is 1. The number of anilines is 2. The zero-order valence-corrected chi connectivity index (χ0v) is 12.3. The first-order valence-corrected chi connectivity index (χ1v) is 7.46. The number of nitrogens with two attached hydrogens (primary N) is 1. The summed E-state index contributed by atoms with van der Waals surface area (Å²) in [5, 5.41) is 0. The van der Waals surface area contributed by atoms with Crippen LogP contribution < -0.4 is 10.6 Å². The van der Waals surface area contributed by atoms with E-state index in [0.29, 0.717) is 23.6 Å². The van der Waals surface area contributed by atoms with E-state index in [1.54, 1.807) is 22.7 Å². The molecule has 2 aromatic rings.